The van der Waals surface area contributed by atoms with Gasteiger partial charge in [-0.1, -0.05) is 29.1 Å². The molecule has 2 amide bonds. The van der Waals surface area contributed by atoms with Crippen LogP contribution in [0.3, 0.4) is 0 Å². The minimum atomic E-state index is -2.72. The van der Waals surface area contributed by atoms with Gasteiger partial charge in [0.15, 0.2) is 0 Å². The Morgan fingerprint density at radius 3 is 2.50 bits per heavy atom. The number of halogens is 5. The molecule has 182 valence electrons. The molecule has 1 aliphatic heterocycles. The standard InChI is InChI=1S/C25H15Cl2F3N4O2/c1-2-12-8-31-4-3-14(12)15-6-19(26)16(7-21(15)28)23(35)33-13-5-20(27)22(32-9-13)24(36)34-10-17-18(11-34)25(17,29)30/h1,3-9,17-18H,10-11H2,(H,33,35). The number of likely N-dealkylation sites (tertiary alicyclic amines) is 1. The van der Waals surface area contributed by atoms with Gasteiger partial charge in [0, 0.05) is 36.6 Å². The molecule has 0 spiro atoms. The first-order valence-electron chi connectivity index (χ1n) is 10.7. The summed E-state index contributed by atoms with van der Waals surface area (Å²) < 4.78 is 41.7. The van der Waals surface area contributed by atoms with E-state index in [2.05, 4.69) is 21.2 Å². The van der Waals surface area contributed by atoms with E-state index in [9.17, 15) is 22.8 Å². The van der Waals surface area contributed by atoms with Gasteiger partial charge in [-0.15, -0.1) is 6.42 Å². The number of aromatic nitrogens is 2. The van der Waals surface area contributed by atoms with E-state index in [1.807, 2.05) is 0 Å². The smallest absolute Gasteiger partial charge is 0.274 e. The fourth-order valence-electron chi connectivity index (χ4n) is 4.36. The Hall–Kier alpha value is -3.61. The first-order chi connectivity index (χ1) is 17.1. The summed E-state index contributed by atoms with van der Waals surface area (Å²) in [7, 11) is 0. The zero-order valence-electron chi connectivity index (χ0n) is 18.2. The molecule has 11 heteroatoms. The molecule has 5 rings (SSSR count). The summed E-state index contributed by atoms with van der Waals surface area (Å²) in [5.41, 5.74) is 0.726. The van der Waals surface area contributed by atoms with Gasteiger partial charge in [0.1, 0.15) is 11.5 Å². The minimum absolute atomic E-state index is 0.0288. The number of nitrogens with one attached hydrogen (secondary N) is 1. The first-order valence-corrected chi connectivity index (χ1v) is 11.4. The number of anilines is 1. The number of pyridine rings is 2. The molecule has 6 nitrogen and oxygen atoms in total. The van der Waals surface area contributed by atoms with E-state index in [0.717, 1.165) is 6.07 Å². The average molecular weight is 531 g/mol. The summed E-state index contributed by atoms with van der Waals surface area (Å²) in [6.07, 6.45) is 9.52. The average Bonchev–Trinajstić information content (AvgIpc) is 3.17. The predicted molar refractivity (Wildman–Crippen MR) is 128 cm³/mol. The molecule has 3 heterocycles. The maximum atomic E-state index is 14.9. The number of piperidine rings is 1. The molecule has 2 atom stereocenters. The maximum Gasteiger partial charge on any atom is 0.274 e. The maximum absolute atomic E-state index is 14.9. The van der Waals surface area contributed by atoms with Gasteiger partial charge in [-0.05, 0) is 24.3 Å². The van der Waals surface area contributed by atoms with E-state index < -0.39 is 35.4 Å². The van der Waals surface area contributed by atoms with E-state index in [-0.39, 0.29) is 45.6 Å². The van der Waals surface area contributed by atoms with Gasteiger partial charge in [-0.2, -0.15) is 0 Å². The number of fused-ring (bicyclic) bond motifs is 1. The molecule has 36 heavy (non-hydrogen) atoms. The van der Waals surface area contributed by atoms with Gasteiger partial charge in [0.25, 0.3) is 17.7 Å². The number of rotatable bonds is 4. The third-order valence-corrected chi connectivity index (χ3v) is 6.96. The number of benzene rings is 1. The highest BCUT2D eigenvalue weighted by Gasteiger charge is 2.72. The quantitative estimate of drug-likeness (QED) is 0.472. The van der Waals surface area contributed by atoms with Crippen LogP contribution >= 0.6 is 23.2 Å². The summed E-state index contributed by atoms with van der Waals surface area (Å²) in [4.78, 5) is 34.6. The summed E-state index contributed by atoms with van der Waals surface area (Å²) >= 11 is 12.5. The van der Waals surface area contributed by atoms with Crippen molar-refractivity contribution in [1.29, 1.82) is 0 Å². The van der Waals surface area contributed by atoms with E-state index >= 15 is 0 Å². The van der Waals surface area contributed by atoms with Crippen LogP contribution in [0.5, 0.6) is 0 Å². The normalized spacial score (nSPS) is 19.4. The van der Waals surface area contributed by atoms with Gasteiger partial charge in [0.2, 0.25) is 0 Å². The molecule has 1 aliphatic carbocycles. The molecular weight excluding hydrogens is 516 g/mol. The second kappa shape index (κ2) is 8.80. The molecule has 1 aromatic carbocycles. The van der Waals surface area contributed by atoms with Gasteiger partial charge < -0.3 is 10.2 Å². The molecule has 3 aromatic rings. The van der Waals surface area contributed by atoms with Gasteiger partial charge in [-0.25, -0.2) is 18.2 Å². The highest BCUT2D eigenvalue weighted by molar-refractivity contribution is 6.35. The van der Waals surface area contributed by atoms with Crippen LogP contribution in [0.4, 0.5) is 18.9 Å². The third kappa shape index (κ3) is 4.06. The molecule has 2 unspecified atom stereocenters. The number of carbonyl (C=O) groups excluding carboxylic acids is 2. The van der Waals surface area contributed by atoms with E-state index in [0.29, 0.717) is 11.1 Å². The Kier molecular flexibility index (Phi) is 5.89. The predicted octanol–water partition coefficient (Wildman–Crippen LogP) is 5.16. The SMILES string of the molecule is C#Cc1cnccc1-c1cc(Cl)c(C(=O)Nc2cnc(C(=O)N3CC4C(C3)C4(F)F)c(Cl)c2)cc1F. The largest absolute Gasteiger partial charge is 0.336 e. The van der Waals surface area contributed by atoms with Crippen molar-refractivity contribution in [2.75, 3.05) is 18.4 Å². The Morgan fingerprint density at radius 1 is 1.11 bits per heavy atom. The summed E-state index contributed by atoms with van der Waals surface area (Å²) in [6.45, 7) is -0.120. The minimum Gasteiger partial charge on any atom is -0.336 e. The number of nitrogens with zero attached hydrogens (tertiary/aromatic N) is 3. The molecule has 1 N–H and O–H groups in total. The zero-order valence-corrected chi connectivity index (χ0v) is 19.7. The Bertz CT molecular complexity index is 1460. The lowest BCUT2D eigenvalue weighted by Gasteiger charge is -2.20. The van der Waals surface area contributed by atoms with Crippen molar-refractivity contribution in [3.05, 3.63) is 75.5 Å². The monoisotopic (exact) mass is 530 g/mol. The highest BCUT2D eigenvalue weighted by Crippen LogP contribution is 2.59. The second-order valence-corrected chi connectivity index (χ2v) is 9.30. The van der Waals surface area contributed by atoms with Gasteiger partial charge in [-0.3, -0.25) is 14.6 Å². The van der Waals surface area contributed by atoms with Crippen LogP contribution in [0.1, 0.15) is 26.4 Å². The lowest BCUT2D eigenvalue weighted by molar-refractivity contribution is 0.0456. The second-order valence-electron chi connectivity index (χ2n) is 8.48. The molecular formula is C25H15Cl2F3N4O2. The third-order valence-electron chi connectivity index (χ3n) is 6.36. The molecule has 1 saturated carbocycles. The van der Waals surface area contributed by atoms with Crippen molar-refractivity contribution >= 4 is 40.7 Å². The van der Waals surface area contributed by atoms with E-state index in [4.69, 9.17) is 29.6 Å². The molecule has 1 saturated heterocycles. The number of amides is 2. The fraction of sp³-hybridized carbons (Fsp3) is 0.200. The topological polar surface area (TPSA) is 75.2 Å². The fourth-order valence-corrected chi connectivity index (χ4v) is 4.85. The van der Waals surface area contributed by atoms with E-state index in [1.54, 1.807) is 0 Å². The van der Waals surface area contributed by atoms with Crippen molar-refractivity contribution in [2.45, 2.75) is 5.92 Å². The summed E-state index contributed by atoms with van der Waals surface area (Å²) in [5.74, 6) is -3.98. The number of carbonyl (C=O) groups is 2. The lowest BCUT2D eigenvalue weighted by Crippen LogP contribution is -2.34. The number of alkyl halides is 2. The Labute approximate surface area is 213 Å². The van der Waals surface area contributed by atoms with Crippen molar-refractivity contribution < 1.29 is 22.8 Å². The number of hydrogen-bond donors (Lipinski definition) is 1. The first kappa shape index (κ1) is 24.1. The molecule has 2 aliphatic rings. The zero-order chi connectivity index (χ0) is 25.8. The Balaban J connectivity index is 1.32. The summed E-state index contributed by atoms with van der Waals surface area (Å²) in [6, 6.07) is 5.10. The van der Waals surface area contributed by atoms with Crippen molar-refractivity contribution in [3.8, 4) is 23.5 Å². The lowest BCUT2D eigenvalue weighted by atomic mass is 10.00. The van der Waals surface area contributed by atoms with Crippen LogP contribution < -0.4 is 5.32 Å². The van der Waals surface area contributed by atoms with Crippen LogP contribution in [-0.2, 0) is 0 Å². The highest BCUT2D eigenvalue weighted by atomic mass is 35.5. The van der Waals surface area contributed by atoms with Gasteiger partial charge in [0.05, 0.1) is 44.9 Å². The van der Waals surface area contributed by atoms with E-state index in [1.165, 1.54) is 41.7 Å². The number of hydrogen-bond acceptors (Lipinski definition) is 4. The Morgan fingerprint density at radius 2 is 1.83 bits per heavy atom. The van der Waals surface area contributed by atoms with Crippen LogP contribution in [0.15, 0.2) is 42.9 Å². The van der Waals surface area contributed by atoms with Crippen molar-refractivity contribution in [1.82, 2.24) is 14.9 Å². The molecule has 0 bridgehead atoms. The van der Waals surface area contributed by atoms with Crippen molar-refractivity contribution in [2.24, 2.45) is 11.8 Å². The van der Waals surface area contributed by atoms with Crippen LogP contribution in [0, 0.1) is 30.0 Å². The van der Waals surface area contributed by atoms with Crippen LogP contribution in [0.25, 0.3) is 11.1 Å². The molecule has 2 fully saturated rings. The van der Waals surface area contributed by atoms with Crippen molar-refractivity contribution in [3.63, 3.8) is 0 Å². The molecule has 2 aromatic heterocycles. The molecule has 0 radical (unpaired) electrons. The van der Waals surface area contributed by atoms with Crippen LogP contribution in [-0.4, -0.2) is 45.7 Å². The van der Waals surface area contributed by atoms with Gasteiger partial charge >= 0.3 is 0 Å². The summed E-state index contributed by atoms with van der Waals surface area (Å²) in [5, 5.41) is 2.41. The number of terminal acetylenes is 1. The van der Waals surface area contributed by atoms with Crippen LogP contribution in [0.2, 0.25) is 10.0 Å².